The van der Waals surface area contributed by atoms with Gasteiger partial charge in [-0.3, -0.25) is 24.3 Å². The number of nitro groups is 1. The van der Waals surface area contributed by atoms with Gasteiger partial charge in [-0.05, 0) is 43.6 Å². The fraction of sp³-hybridized carbons (Fsp3) is 0.500. The van der Waals surface area contributed by atoms with Crippen molar-refractivity contribution in [2.24, 2.45) is 0 Å². The molecule has 0 aromatic carbocycles. The van der Waals surface area contributed by atoms with Gasteiger partial charge in [-0.15, -0.1) is 0 Å². The first-order chi connectivity index (χ1) is 11.1. The molecule has 0 saturated carbocycles. The monoisotopic (exact) mass is 398 g/mol. The summed E-state index contributed by atoms with van der Waals surface area (Å²) in [5, 5.41) is 22.1. The summed E-state index contributed by atoms with van der Waals surface area (Å²) in [5.74, 6) is -0.200. The van der Waals surface area contributed by atoms with E-state index >= 15 is 0 Å². The summed E-state index contributed by atoms with van der Waals surface area (Å²) in [5.41, 5.74) is 0.00297. The van der Waals surface area contributed by atoms with Crippen LogP contribution in [0.3, 0.4) is 0 Å². The van der Waals surface area contributed by atoms with E-state index in [1.54, 1.807) is 44.8 Å². The van der Waals surface area contributed by atoms with Crippen LogP contribution in [0.25, 0.3) is 0 Å². The van der Waals surface area contributed by atoms with E-state index in [0.717, 1.165) is 4.47 Å². The fourth-order valence-electron chi connectivity index (χ4n) is 2.37. The molecule has 0 aliphatic carbocycles. The molecular formula is C14H19BrN6O3. The molecule has 10 heteroatoms. The lowest BCUT2D eigenvalue weighted by Crippen LogP contribution is -2.45. The normalized spacial score (nSPS) is 11.5. The number of aromatic nitrogens is 4. The topological polar surface area (TPSA) is 108 Å². The number of carbonyl (C=O) groups excluding carboxylic acids is 1. The average molecular weight is 399 g/mol. The van der Waals surface area contributed by atoms with Gasteiger partial charge in [0.25, 0.3) is 0 Å². The summed E-state index contributed by atoms with van der Waals surface area (Å²) in [4.78, 5) is 23.0. The largest absolute Gasteiger partial charge is 0.352 e. The number of halogens is 1. The van der Waals surface area contributed by atoms with Gasteiger partial charge < -0.3 is 5.32 Å². The van der Waals surface area contributed by atoms with Crippen molar-refractivity contribution in [3.05, 3.63) is 38.4 Å². The molecule has 0 bridgehead atoms. The first kappa shape index (κ1) is 18.1. The van der Waals surface area contributed by atoms with E-state index in [9.17, 15) is 14.9 Å². The molecule has 130 valence electrons. The second-order valence-corrected chi connectivity index (χ2v) is 6.83. The summed E-state index contributed by atoms with van der Waals surface area (Å²) < 4.78 is 3.89. The van der Waals surface area contributed by atoms with Gasteiger partial charge in [0, 0.05) is 12.7 Å². The summed E-state index contributed by atoms with van der Waals surface area (Å²) in [6.07, 6.45) is 3.34. The van der Waals surface area contributed by atoms with E-state index in [0.29, 0.717) is 24.5 Å². The lowest BCUT2D eigenvalue weighted by molar-refractivity contribution is -0.386. The van der Waals surface area contributed by atoms with Crippen LogP contribution in [-0.2, 0) is 16.9 Å². The Hall–Kier alpha value is -2.23. The van der Waals surface area contributed by atoms with Gasteiger partial charge in [0.05, 0.1) is 22.1 Å². The quantitative estimate of drug-likeness (QED) is 0.590. The Morgan fingerprint density at radius 1 is 1.46 bits per heavy atom. The van der Waals surface area contributed by atoms with E-state index < -0.39 is 10.5 Å². The Bertz CT molecular complexity index is 780. The number of rotatable bonds is 6. The molecule has 2 heterocycles. The minimum Gasteiger partial charge on any atom is -0.352 e. The maximum Gasteiger partial charge on any atom is 0.312 e. The predicted octanol–water partition coefficient (Wildman–Crippen LogP) is 1.92. The molecule has 9 nitrogen and oxygen atoms in total. The Morgan fingerprint density at radius 3 is 2.62 bits per heavy atom. The molecule has 0 spiro atoms. The van der Waals surface area contributed by atoms with E-state index in [1.807, 2.05) is 0 Å². The van der Waals surface area contributed by atoms with Crippen LogP contribution in [0.15, 0.2) is 16.9 Å². The molecule has 1 amide bonds. The van der Waals surface area contributed by atoms with Gasteiger partial charge >= 0.3 is 5.69 Å². The SMILES string of the molecule is Cc1nn(CCNC(=O)C(C)(C)n2cc(Br)cn2)c(C)c1[N+](=O)[O-]. The number of hydrogen-bond donors (Lipinski definition) is 1. The first-order valence-electron chi connectivity index (χ1n) is 7.32. The average Bonchev–Trinajstić information content (AvgIpc) is 3.03. The van der Waals surface area contributed by atoms with Crippen molar-refractivity contribution in [1.82, 2.24) is 24.9 Å². The molecule has 0 aliphatic heterocycles. The van der Waals surface area contributed by atoms with Crippen LogP contribution in [0.5, 0.6) is 0 Å². The number of nitrogens with one attached hydrogen (secondary N) is 1. The maximum absolute atomic E-state index is 12.4. The van der Waals surface area contributed by atoms with Crippen LogP contribution >= 0.6 is 15.9 Å². The third kappa shape index (κ3) is 3.48. The number of aryl methyl sites for hydroxylation is 1. The van der Waals surface area contributed by atoms with Gasteiger partial charge in [-0.1, -0.05) is 0 Å². The summed E-state index contributed by atoms with van der Waals surface area (Å²) in [6, 6.07) is 0. The Kier molecular flexibility index (Phi) is 5.07. The third-order valence-electron chi connectivity index (χ3n) is 3.81. The molecule has 2 rings (SSSR count). The molecule has 0 atom stereocenters. The van der Waals surface area contributed by atoms with Gasteiger partial charge in [0.2, 0.25) is 5.91 Å². The highest BCUT2D eigenvalue weighted by atomic mass is 79.9. The van der Waals surface area contributed by atoms with Crippen LogP contribution < -0.4 is 5.32 Å². The minimum absolute atomic E-state index is 0.0167. The highest BCUT2D eigenvalue weighted by Crippen LogP contribution is 2.21. The fourth-order valence-corrected chi connectivity index (χ4v) is 2.66. The van der Waals surface area contributed by atoms with Gasteiger partial charge in [-0.2, -0.15) is 10.2 Å². The highest BCUT2D eigenvalue weighted by molar-refractivity contribution is 9.10. The van der Waals surface area contributed by atoms with Gasteiger partial charge in [0.15, 0.2) is 0 Å². The Labute approximate surface area is 147 Å². The second kappa shape index (κ2) is 6.71. The Morgan fingerprint density at radius 2 is 2.12 bits per heavy atom. The summed E-state index contributed by atoms with van der Waals surface area (Å²) in [7, 11) is 0. The molecule has 2 aromatic rings. The summed E-state index contributed by atoms with van der Waals surface area (Å²) >= 11 is 3.30. The zero-order chi connectivity index (χ0) is 18.1. The maximum atomic E-state index is 12.4. The molecular weight excluding hydrogens is 380 g/mol. The molecule has 24 heavy (non-hydrogen) atoms. The highest BCUT2D eigenvalue weighted by Gasteiger charge is 2.30. The lowest BCUT2D eigenvalue weighted by atomic mass is 10.1. The second-order valence-electron chi connectivity index (χ2n) is 5.92. The molecule has 0 aliphatic rings. The van der Waals surface area contributed by atoms with Crippen molar-refractivity contribution in [3.63, 3.8) is 0 Å². The standard InChI is InChI=1S/C14H19BrN6O3/c1-9-12(21(23)24)10(2)19(18-9)6-5-16-13(22)14(3,4)20-8-11(15)7-17-20/h7-8H,5-6H2,1-4H3,(H,16,22). The number of hydrogen-bond acceptors (Lipinski definition) is 5. The zero-order valence-electron chi connectivity index (χ0n) is 13.9. The van der Waals surface area contributed by atoms with Gasteiger partial charge in [-0.25, -0.2) is 0 Å². The number of nitrogens with zero attached hydrogens (tertiary/aromatic N) is 5. The summed E-state index contributed by atoms with van der Waals surface area (Å²) in [6.45, 7) is 7.42. The minimum atomic E-state index is -0.854. The van der Waals surface area contributed by atoms with E-state index in [1.165, 1.54) is 4.68 Å². The first-order valence-corrected chi connectivity index (χ1v) is 8.11. The van der Waals surface area contributed by atoms with E-state index in [4.69, 9.17) is 0 Å². The van der Waals surface area contributed by atoms with Crippen LogP contribution in [0.2, 0.25) is 0 Å². The van der Waals surface area contributed by atoms with Crippen molar-refractivity contribution in [2.45, 2.75) is 39.8 Å². The van der Waals surface area contributed by atoms with Crippen molar-refractivity contribution in [1.29, 1.82) is 0 Å². The lowest BCUT2D eigenvalue weighted by Gasteiger charge is -2.24. The van der Waals surface area contributed by atoms with Gasteiger partial charge in [0.1, 0.15) is 16.9 Å². The van der Waals surface area contributed by atoms with Crippen molar-refractivity contribution >= 4 is 27.5 Å². The van der Waals surface area contributed by atoms with Crippen molar-refractivity contribution in [3.8, 4) is 0 Å². The van der Waals surface area contributed by atoms with Crippen LogP contribution in [0, 0.1) is 24.0 Å². The number of carbonyl (C=O) groups is 1. The predicted molar refractivity (Wildman–Crippen MR) is 90.6 cm³/mol. The molecule has 0 fully saturated rings. The molecule has 0 radical (unpaired) electrons. The number of amides is 1. The molecule has 0 saturated heterocycles. The molecule has 2 aromatic heterocycles. The molecule has 0 unspecified atom stereocenters. The van der Waals surface area contributed by atoms with Crippen molar-refractivity contribution < 1.29 is 9.72 Å². The van der Waals surface area contributed by atoms with E-state index in [2.05, 4.69) is 31.4 Å². The third-order valence-corrected chi connectivity index (χ3v) is 4.22. The van der Waals surface area contributed by atoms with E-state index in [-0.39, 0.29) is 11.6 Å². The van der Waals surface area contributed by atoms with Crippen LogP contribution in [0.4, 0.5) is 5.69 Å². The van der Waals surface area contributed by atoms with Crippen molar-refractivity contribution in [2.75, 3.05) is 6.54 Å². The van der Waals surface area contributed by atoms with Crippen LogP contribution in [-0.4, -0.2) is 36.9 Å². The Balaban J connectivity index is 2.00. The zero-order valence-corrected chi connectivity index (χ0v) is 15.5. The van der Waals surface area contributed by atoms with Crippen LogP contribution in [0.1, 0.15) is 25.2 Å². The smallest absolute Gasteiger partial charge is 0.312 e. The molecule has 1 N–H and O–H groups in total.